The molecule has 2 aromatic carbocycles. The summed E-state index contributed by atoms with van der Waals surface area (Å²) in [4.78, 5) is 14.0. The maximum atomic E-state index is 13.8. The van der Waals surface area contributed by atoms with E-state index in [1.54, 1.807) is 24.3 Å². The molecule has 0 fully saturated rings. The molecule has 0 radical (unpaired) electrons. The van der Waals surface area contributed by atoms with Gasteiger partial charge in [-0.15, -0.1) is 0 Å². The SMILES string of the molecule is O=Cc1c(-c2ccc(Cl)cc2)[nH]c2c(F)c(F)ccc12. The molecule has 0 aliphatic rings. The van der Waals surface area contributed by atoms with Gasteiger partial charge < -0.3 is 4.98 Å². The molecule has 2 nitrogen and oxygen atoms in total. The molecule has 0 aliphatic heterocycles. The van der Waals surface area contributed by atoms with Crippen molar-refractivity contribution in [2.24, 2.45) is 0 Å². The molecule has 0 spiro atoms. The minimum absolute atomic E-state index is 0.0166. The van der Waals surface area contributed by atoms with Gasteiger partial charge in [-0.25, -0.2) is 8.78 Å². The van der Waals surface area contributed by atoms with E-state index in [1.807, 2.05) is 0 Å². The number of rotatable bonds is 2. The number of aromatic nitrogens is 1. The molecule has 0 saturated carbocycles. The Bertz CT molecular complexity index is 809. The summed E-state index contributed by atoms with van der Waals surface area (Å²) in [6.07, 6.45) is 0.625. The lowest BCUT2D eigenvalue weighted by molar-refractivity contribution is 0.112. The largest absolute Gasteiger partial charge is 0.351 e. The highest BCUT2D eigenvalue weighted by Gasteiger charge is 2.17. The topological polar surface area (TPSA) is 32.9 Å². The molecule has 5 heteroatoms. The van der Waals surface area contributed by atoms with Gasteiger partial charge in [-0.1, -0.05) is 23.7 Å². The Hall–Kier alpha value is -2.20. The second-order valence-electron chi connectivity index (χ2n) is 4.32. The first-order chi connectivity index (χ1) is 9.61. The summed E-state index contributed by atoms with van der Waals surface area (Å²) in [6.45, 7) is 0. The molecule has 0 bridgehead atoms. The summed E-state index contributed by atoms with van der Waals surface area (Å²) in [5.41, 5.74) is 1.39. The van der Waals surface area contributed by atoms with E-state index in [0.717, 1.165) is 6.07 Å². The number of carbonyl (C=O) groups is 1. The van der Waals surface area contributed by atoms with E-state index in [4.69, 9.17) is 11.6 Å². The van der Waals surface area contributed by atoms with Crippen LogP contribution < -0.4 is 0 Å². The molecule has 3 aromatic rings. The standard InChI is InChI=1S/C15H8ClF2NO/c16-9-3-1-8(2-4-9)14-11(7-20)10-5-6-12(17)13(18)15(10)19-14/h1-7,19H. The van der Waals surface area contributed by atoms with Crippen molar-refractivity contribution >= 4 is 28.8 Å². The molecule has 1 heterocycles. The van der Waals surface area contributed by atoms with Crippen LogP contribution >= 0.6 is 11.6 Å². The summed E-state index contributed by atoms with van der Waals surface area (Å²) in [6, 6.07) is 9.11. The highest BCUT2D eigenvalue weighted by atomic mass is 35.5. The molecule has 3 rings (SSSR count). The molecule has 0 saturated heterocycles. The van der Waals surface area contributed by atoms with Crippen molar-refractivity contribution in [2.75, 3.05) is 0 Å². The van der Waals surface area contributed by atoms with Crippen LogP contribution in [0.25, 0.3) is 22.2 Å². The zero-order chi connectivity index (χ0) is 14.3. The maximum absolute atomic E-state index is 13.8. The summed E-state index contributed by atoms with van der Waals surface area (Å²) in [5.74, 6) is -1.95. The molecular weight excluding hydrogens is 284 g/mol. The van der Waals surface area contributed by atoms with Crippen molar-refractivity contribution in [3.8, 4) is 11.3 Å². The molecule has 0 atom stereocenters. The molecule has 1 N–H and O–H groups in total. The van der Waals surface area contributed by atoms with Gasteiger partial charge in [0.25, 0.3) is 0 Å². The summed E-state index contributed by atoms with van der Waals surface area (Å²) < 4.78 is 27.0. The van der Waals surface area contributed by atoms with Gasteiger partial charge in [-0.05, 0) is 29.8 Å². The second kappa shape index (κ2) is 4.72. The monoisotopic (exact) mass is 291 g/mol. The third kappa shape index (κ3) is 1.89. The van der Waals surface area contributed by atoms with E-state index in [2.05, 4.69) is 4.98 Å². The lowest BCUT2D eigenvalue weighted by Gasteiger charge is -1.99. The molecule has 100 valence electrons. The lowest BCUT2D eigenvalue weighted by atomic mass is 10.1. The van der Waals surface area contributed by atoms with Crippen LogP contribution in [0.2, 0.25) is 5.02 Å². The number of hydrogen-bond acceptors (Lipinski definition) is 1. The van der Waals surface area contributed by atoms with Gasteiger partial charge in [0, 0.05) is 16.0 Å². The predicted molar refractivity (Wildman–Crippen MR) is 74.0 cm³/mol. The molecule has 0 unspecified atom stereocenters. The number of hydrogen-bond donors (Lipinski definition) is 1. The third-order valence-corrected chi connectivity index (χ3v) is 3.41. The summed E-state index contributed by atoms with van der Waals surface area (Å²) in [5, 5.41) is 0.901. The highest BCUT2D eigenvalue weighted by Crippen LogP contribution is 2.31. The quantitative estimate of drug-likeness (QED) is 0.689. The Labute approximate surface area is 118 Å². The first kappa shape index (κ1) is 12.8. The molecule has 1 aromatic heterocycles. The van der Waals surface area contributed by atoms with Gasteiger partial charge in [0.1, 0.15) is 0 Å². The van der Waals surface area contributed by atoms with Crippen LogP contribution in [0.3, 0.4) is 0 Å². The van der Waals surface area contributed by atoms with Crippen LogP contribution in [-0.2, 0) is 0 Å². The van der Waals surface area contributed by atoms with Gasteiger partial charge in [0.15, 0.2) is 17.9 Å². The summed E-state index contributed by atoms with van der Waals surface area (Å²) >= 11 is 5.81. The number of nitrogens with one attached hydrogen (secondary N) is 1. The Balaban J connectivity index is 2.33. The van der Waals surface area contributed by atoms with Crippen LogP contribution in [0, 0.1) is 11.6 Å². The van der Waals surface area contributed by atoms with Crippen LogP contribution in [0.15, 0.2) is 36.4 Å². The normalized spacial score (nSPS) is 10.9. The zero-order valence-corrected chi connectivity index (χ0v) is 10.8. The number of aldehydes is 1. The smallest absolute Gasteiger partial charge is 0.182 e. The van der Waals surface area contributed by atoms with Crippen molar-refractivity contribution in [2.45, 2.75) is 0 Å². The van der Waals surface area contributed by atoms with E-state index in [1.165, 1.54) is 6.07 Å². The van der Waals surface area contributed by atoms with Crippen molar-refractivity contribution in [3.05, 3.63) is 58.6 Å². The van der Waals surface area contributed by atoms with Gasteiger partial charge in [-0.2, -0.15) is 0 Å². The Morgan fingerprint density at radius 3 is 2.40 bits per heavy atom. The van der Waals surface area contributed by atoms with Gasteiger partial charge in [-0.3, -0.25) is 4.79 Å². The third-order valence-electron chi connectivity index (χ3n) is 3.16. The second-order valence-corrected chi connectivity index (χ2v) is 4.76. The van der Waals surface area contributed by atoms with Gasteiger partial charge in [0.05, 0.1) is 11.2 Å². The fourth-order valence-electron chi connectivity index (χ4n) is 2.19. The number of carbonyl (C=O) groups excluding carboxylic acids is 1. The Morgan fingerprint density at radius 1 is 1.05 bits per heavy atom. The fraction of sp³-hybridized carbons (Fsp3) is 0. The van der Waals surface area contributed by atoms with Crippen LogP contribution in [0.5, 0.6) is 0 Å². The number of aromatic amines is 1. The average molecular weight is 292 g/mol. The zero-order valence-electron chi connectivity index (χ0n) is 10.1. The number of halogens is 3. The Kier molecular flexibility index (Phi) is 3.03. The van der Waals surface area contributed by atoms with Crippen molar-refractivity contribution in [1.82, 2.24) is 4.98 Å². The van der Waals surface area contributed by atoms with Crippen molar-refractivity contribution in [3.63, 3.8) is 0 Å². The highest BCUT2D eigenvalue weighted by molar-refractivity contribution is 6.30. The molecular formula is C15H8ClF2NO. The van der Waals surface area contributed by atoms with E-state index >= 15 is 0 Å². The minimum Gasteiger partial charge on any atom is -0.351 e. The van der Waals surface area contributed by atoms with Crippen LogP contribution in [-0.4, -0.2) is 11.3 Å². The van der Waals surface area contributed by atoms with Crippen molar-refractivity contribution < 1.29 is 13.6 Å². The van der Waals surface area contributed by atoms with E-state index in [-0.39, 0.29) is 5.52 Å². The maximum Gasteiger partial charge on any atom is 0.182 e. The van der Waals surface area contributed by atoms with E-state index < -0.39 is 11.6 Å². The fourth-order valence-corrected chi connectivity index (χ4v) is 2.32. The molecule has 20 heavy (non-hydrogen) atoms. The number of benzene rings is 2. The van der Waals surface area contributed by atoms with Gasteiger partial charge in [0.2, 0.25) is 0 Å². The van der Waals surface area contributed by atoms with E-state index in [9.17, 15) is 13.6 Å². The first-order valence-electron chi connectivity index (χ1n) is 5.82. The predicted octanol–water partition coefficient (Wildman–Crippen LogP) is 4.58. The van der Waals surface area contributed by atoms with Crippen LogP contribution in [0.4, 0.5) is 8.78 Å². The molecule has 0 aliphatic carbocycles. The van der Waals surface area contributed by atoms with Gasteiger partial charge >= 0.3 is 0 Å². The van der Waals surface area contributed by atoms with Crippen molar-refractivity contribution in [1.29, 1.82) is 0 Å². The number of fused-ring (bicyclic) bond motifs is 1. The average Bonchev–Trinajstić information content (AvgIpc) is 2.83. The Morgan fingerprint density at radius 2 is 1.75 bits per heavy atom. The van der Waals surface area contributed by atoms with Crippen LogP contribution in [0.1, 0.15) is 10.4 Å². The number of H-pyrrole nitrogens is 1. The van der Waals surface area contributed by atoms with E-state index in [0.29, 0.717) is 33.5 Å². The molecule has 0 amide bonds. The summed E-state index contributed by atoms with van der Waals surface area (Å²) in [7, 11) is 0. The lowest BCUT2D eigenvalue weighted by Crippen LogP contribution is -1.85. The minimum atomic E-state index is -0.995. The first-order valence-corrected chi connectivity index (χ1v) is 6.20.